The third-order valence-corrected chi connectivity index (χ3v) is 5.36. The lowest BCUT2D eigenvalue weighted by Crippen LogP contribution is -2.38. The van der Waals surface area contributed by atoms with Gasteiger partial charge in [0.25, 0.3) is 0 Å². The van der Waals surface area contributed by atoms with Gasteiger partial charge < -0.3 is 11.1 Å². The average molecular weight is 343 g/mol. The molecular weight excluding hydrogens is 322 g/mol. The summed E-state index contributed by atoms with van der Waals surface area (Å²) in [7, 11) is 1.86. The Morgan fingerprint density at radius 3 is 2.92 bits per heavy atom. The fourth-order valence-electron chi connectivity index (χ4n) is 3.15. The Morgan fingerprint density at radius 2 is 2.17 bits per heavy atom. The zero-order chi connectivity index (χ0) is 16.5. The van der Waals surface area contributed by atoms with Crippen LogP contribution in [0.25, 0.3) is 11.0 Å². The molecule has 0 aromatic carbocycles. The van der Waals surface area contributed by atoms with E-state index < -0.39 is 0 Å². The van der Waals surface area contributed by atoms with Crippen LogP contribution in [0.1, 0.15) is 17.7 Å². The number of hydrogen-bond donors (Lipinski definition) is 2. The molecule has 7 nitrogen and oxygen atoms in total. The second kappa shape index (κ2) is 6.37. The minimum Gasteiger partial charge on any atom is -0.383 e. The summed E-state index contributed by atoms with van der Waals surface area (Å²) >= 11 is 1.83. The average Bonchev–Trinajstić information content (AvgIpc) is 3.20. The Hall–Kier alpha value is -2.19. The highest BCUT2D eigenvalue weighted by Gasteiger charge is 2.20. The molecule has 0 radical (unpaired) electrons. The molecule has 4 rings (SSSR count). The molecule has 0 aliphatic carbocycles. The maximum atomic E-state index is 6.02. The molecule has 24 heavy (non-hydrogen) atoms. The number of likely N-dealkylation sites (tertiary alicyclic amines) is 1. The molecule has 8 heteroatoms. The number of nitrogens with one attached hydrogen (secondary N) is 1. The summed E-state index contributed by atoms with van der Waals surface area (Å²) in [5, 5.41) is 10.6. The summed E-state index contributed by atoms with van der Waals surface area (Å²) in [6.45, 7) is 3.22. The van der Waals surface area contributed by atoms with Crippen molar-refractivity contribution < 1.29 is 0 Å². The topological polar surface area (TPSA) is 84.9 Å². The lowest BCUT2D eigenvalue weighted by Gasteiger charge is -2.32. The molecule has 0 unspecified atom stereocenters. The predicted molar refractivity (Wildman–Crippen MR) is 97.0 cm³/mol. The molecule has 4 heterocycles. The van der Waals surface area contributed by atoms with E-state index in [2.05, 4.69) is 42.8 Å². The van der Waals surface area contributed by atoms with Crippen molar-refractivity contribution in [1.82, 2.24) is 24.6 Å². The third-order valence-electron chi connectivity index (χ3n) is 4.50. The van der Waals surface area contributed by atoms with E-state index in [1.165, 1.54) is 4.88 Å². The molecule has 3 aromatic heterocycles. The minimum atomic E-state index is 0.384. The summed E-state index contributed by atoms with van der Waals surface area (Å²) in [6.07, 6.45) is 3.87. The number of anilines is 2. The fourth-order valence-corrected chi connectivity index (χ4v) is 3.90. The number of nitrogens with two attached hydrogens (primary N) is 1. The van der Waals surface area contributed by atoms with Crippen molar-refractivity contribution in [3.05, 3.63) is 28.6 Å². The molecule has 0 bridgehead atoms. The number of piperidine rings is 1. The van der Waals surface area contributed by atoms with Gasteiger partial charge in [0, 0.05) is 37.6 Å². The summed E-state index contributed by atoms with van der Waals surface area (Å²) in [4.78, 5) is 12.9. The van der Waals surface area contributed by atoms with Crippen molar-refractivity contribution in [2.45, 2.75) is 25.4 Å². The van der Waals surface area contributed by atoms with E-state index in [-0.39, 0.29) is 0 Å². The molecule has 1 aliphatic rings. The van der Waals surface area contributed by atoms with E-state index in [4.69, 9.17) is 5.73 Å². The highest BCUT2D eigenvalue weighted by Crippen LogP contribution is 2.21. The van der Waals surface area contributed by atoms with Crippen LogP contribution in [0.15, 0.2) is 23.7 Å². The fraction of sp³-hybridized carbons (Fsp3) is 0.438. The van der Waals surface area contributed by atoms with Gasteiger partial charge in [0.1, 0.15) is 5.82 Å². The number of nitrogen functional groups attached to an aromatic ring is 1. The van der Waals surface area contributed by atoms with E-state index in [9.17, 15) is 0 Å². The Morgan fingerprint density at radius 1 is 1.33 bits per heavy atom. The minimum absolute atomic E-state index is 0.384. The summed E-state index contributed by atoms with van der Waals surface area (Å²) in [5.41, 5.74) is 6.79. The van der Waals surface area contributed by atoms with Gasteiger partial charge >= 0.3 is 0 Å². The molecule has 126 valence electrons. The molecule has 3 aromatic rings. The van der Waals surface area contributed by atoms with Crippen LogP contribution in [0.3, 0.4) is 0 Å². The van der Waals surface area contributed by atoms with Crippen molar-refractivity contribution in [2.75, 3.05) is 24.1 Å². The molecule has 3 N–H and O–H groups in total. The summed E-state index contributed by atoms with van der Waals surface area (Å²) < 4.78 is 1.72. The largest absolute Gasteiger partial charge is 0.383 e. The first-order chi connectivity index (χ1) is 11.7. The normalized spacial score (nSPS) is 16.7. The van der Waals surface area contributed by atoms with Crippen molar-refractivity contribution in [1.29, 1.82) is 0 Å². The number of thiophene rings is 1. The number of nitrogens with zero attached hydrogens (tertiary/aromatic N) is 5. The second-order valence-electron chi connectivity index (χ2n) is 6.21. The van der Waals surface area contributed by atoms with Crippen LogP contribution in [0, 0.1) is 0 Å². The van der Waals surface area contributed by atoms with Crippen LogP contribution in [0.5, 0.6) is 0 Å². The van der Waals surface area contributed by atoms with Crippen molar-refractivity contribution in [3.63, 3.8) is 0 Å². The highest BCUT2D eigenvalue weighted by molar-refractivity contribution is 7.09. The highest BCUT2D eigenvalue weighted by atomic mass is 32.1. The molecule has 1 fully saturated rings. The lowest BCUT2D eigenvalue weighted by atomic mass is 10.1. The SMILES string of the molecule is Cn1ncc2c(N)nc(NC3CCN(Cc4cccs4)CC3)nc21. The third kappa shape index (κ3) is 3.07. The predicted octanol–water partition coefficient (Wildman–Crippen LogP) is 2.08. The maximum Gasteiger partial charge on any atom is 0.226 e. The van der Waals surface area contributed by atoms with Crippen LogP contribution in [-0.2, 0) is 13.6 Å². The molecule has 1 saturated heterocycles. The molecule has 0 amide bonds. The van der Waals surface area contributed by atoms with Crippen LogP contribution >= 0.6 is 11.3 Å². The van der Waals surface area contributed by atoms with Crippen LogP contribution in [0.2, 0.25) is 0 Å². The Labute approximate surface area is 144 Å². The van der Waals surface area contributed by atoms with Crippen LogP contribution in [0.4, 0.5) is 11.8 Å². The van der Waals surface area contributed by atoms with E-state index in [1.54, 1.807) is 10.9 Å². The number of rotatable bonds is 4. The molecule has 0 atom stereocenters. The smallest absolute Gasteiger partial charge is 0.226 e. The second-order valence-corrected chi connectivity index (χ2v) is 7.24. The maximum absolute atomic E-state index is 6.02. The number of aryl methyl sites for hydroxylation is 1. The van der Waals surface area contributed by atoms with Gasteiger partial charge in [-0.1, -0.05) is 6.07 Å². The van der Waals surface area contributed by atoms with Crippen molar-refractivity contribution in [2.24, 2.45) is 7.05 Å². The van der Waals surface area contributed by atoms with E-state index in [0.29, 0.717) is 17.8 Å². The van der Waals surface area contributed by atoms with Crippen LogP contribution < -0.4 is 11.1 Å². The molecule has 0 spiro atoms. The first kappa shape index (κ1) is 15.3. The van der Waals surface area contributed by atoms with Crippen molar-refractivity contribution >= 4 is 34.1 Å². The van der Waals surface area contributed by atoms with Crippen molar-refractivity contribution in [3.8, 4) is 0 Å². The van der Waals surface area contributed by atoms with Gasteiger partial charge in [-0.05, 0) is 24.3 Å². The van der Waals surface area contributed by atoms with Gasteiger partial charge in [0.15, 0.2) is 5.65 Å². The van der Waals surface area contributed by atoms with Gasteiger partial charge in [-0.2, -0.15) is 15.1 Å². The number of hydrogen-bond acceptors (Lipinski definition) is 7. The Kier molecular flexibility index (Phi) is 4.07. The number of aromatic nitrogens is 4. The Bertz CT molecular complexity index is 818. The zero-order valence-corrected chi connectivity index (χ0v) is 14.5. The van der Waals surface area contributed by atoms with Gasteiger partial charge in [-0.25, -0.2) is 0 Å². The van der Waals surface area contributed by atoms with E-state index in [0.717, 1.165) is 43.5 Å². The summed E-state index contributed by atoms with van der Waals surface area (Å²) in [6, 6.07) is 4.70. The first-order valence-corrected chi connectivity index (χ1v) is 9.03. The van der Waals surface area contributed by atoms with Gasteiger partial charge in [0.2, 0.25) is 5.95 Å². The number of fused-ring (bicyclic) bond motifs is 1. The molecular formula is C16H21N7S. The zero-order valence-electron chi connectivity index (χ0n) is 13.6. The Balaban J connectivity index is 1.39. The van der Waals surface area contributed by atoms with Gasteiger partial charge in [0.05, 0.1) is 11.6 Å². The quantitative estimate of drug-likeness (QED) is 0.754. The molecule has 0 saturated carbocycles. The monoisotopic (exact) mass is 343 g/mol. The lowest BCUT2D eigenvalue weighted by molar-refractivity contribution is 0.212. The van der Waals surface area contributed by atoms with E-state index in [1.807, 2.05) is 18.4 Å². The standard InChI is InChI=1S/C16H21N7S/c1-22-15-13(9-18-22)14(17)20-16(21-15)19-11-4-6-23(7-5-11)10-12-3-2-8-24-12/h2-3,8-9,11H,4-7,10H2,1H3,(H3,17,19,20,21). The first-order valence-electron chi connectivity index (χ1n) is 8.15. The van der Waals surface area contributed by atoms with Gasteiger partial charge in [-0.3, -0.25) is 9.58 Å². The summed E-state index contributed by atoms with van der Waals surface area (Å²) in [5.74, 6) is 1.08. The van der Waals surface area contributed by atoms with Crippen LogP contribution in [-0.4, -0.2) is 43.8 Å². The van der Waals surface area contributed by atoms with Gasteiger partial charge in [-0.15, -0.1) is 11.3 Å². The van der Waals surface area contributed by atoms with E-state index >= 15 is 0 Å². The molecule has 1 aliphatic heterocycles.